The number of benzene rings is 2. The maximum absolute atomic E-state index is 13.0. The molecule has 2 N–H and O–H groups in total. The number of rotatable bonds is 8. The van der Waals surface area contributed by atoms with Crippen molar-refractivity contribution in [2.24, 2.45) is 0 Å². The van der Waals surface area contributed by atoms with Crippen molar-refractivity contribution in [3.63, 3.8) is 0 Å². The van der Waals surface area contributed by atoms with E-state index in [1.54, 1.807) is 24.3 Å². The van der Waals surface area contributed by atoms with Crippen LogP contribution in [0.25, 0.3) is 10.9 Å². The number of fused-ring (bicyclic) bond motifs is 1. The molecule has 1 aromatic heterocycles. The first kappa shape index (κ1) is 23.9. The second-order valence-corrected chi connectivity index (χ2v) is 7.93. The summed E-state index contributed by atoms with van der Waals surface area (Å²) in [5.41, 5.74) is 4.52. The first-order valence-electron chi connectivity index (χ1n) is 9.78. The van der Waals surface area contributed by atoms with Gasteiger partial charge in [-0.05, 0) is 25.1 Å². The molecule has 172 valence electrons. The molecule has 3 aromatic rings. The van der Waals surface area contributed by atoms with Gasteiger partial charge in [0, 0.05) is 24.8 Å². The van der Waals surface area contributed by atoms with Gasteiger partial charge >= 0.3 is 0 Å². The minimum absolute atomic E-state index is 0.0237. The fraction of sp³-hybridized carbons (Fsp3) is 0.238. The molecular weight excluding hydrogens is 450 g/mol. The fourth-order valence-corrected chi connectivity index (χ4v) is 3.95. The maximum Gasteiger partial charge on any atom is 0.270 e. The number of nitrogens with one attached hydrogen (secondary N) is 2. The van der Waals surface area contributed by atoms with E-state index in [-0.39, 0.29) is 35.2 Å². The van der Waals surface area contributed by atoms with Gasteiger partial charge in [0.05, 0.1) is 34.2 Å². The summed E-state index contributed by atoms with van der Waals surface area (Å²) >= 11 is 1.04. The van der Waals surface area contributed by atoms with Gasteiger partial charge in [0.1, 0.15) is 0 Å². The van der Waals surface area contributed by atoms with Crippen LogP contribution < -0.4 is 16.4 Å². The van der Waals surface area contributed by atoms with E-state index in [2.05, 4.69) is 15.8 Å². The molecule has 33 heavy (non-hydrogen) atoms. The smallest absolute Gasteiger partial charge is 0.270 e. The van der Waals surface area contributed by atoms with E-state index >= 15 is 0 Å². The monoisotopic (exact) mass is 471 g/mol. The Morgan fingerprint density at radius 2 is 1.97 bits per heavy atom. The van der Waals surface area contributed by atoms with E-state index in [0.29, 0.717) is 16.1 Å². The molecule has 0 fully saturated rings. The first-order valence-corrected chi connectivity index (χ1v) is 10.8. The van der Waals surface area contributed by atoms with Gasteiger partial charge in [0.25, 0.3) is 17.2 Å². The van der Waals surface area contributed by atoms with Crippen LogP contribution in [-0.2, 0) is 9.53 Å². The van der Waals surface area contributed by atoms with E-state index in [9.17, 15) is 24.5 Å². The lowest BCUT2D eigenvalue weighted by Gasteiger charge is -2.18. The average Bonchev–Trinajstić information content (AvgIpc) is 2.81. The van der Waals surface area contributed by atoms with Crippen LogP contribution in [0.1, 0.15) is 23.3 Å². The SMILES string of the molecule is COCC(C)n1c(SCC(=O)NNC(=O)c2cccc([N+](=O)[O-])c2)nc2ccccc2c1=O. The van der Waals surface area contributed by atoms with E-state index in [4.69, 9.17) is 4.74 Å². The first-order chi connectivity index (χ1) is 15.8. The molecule has 3 rings (SSSR count). The van der Waals surface area contributed by atoms with Crippen molar-refractivity contribution in [3.05, 3.63) is 74.6 Å². The molecule has 1 atom stereocenters. The zero-order chi connectivity index (χ0) is 24.0. The molecule has 0 aliphatic carbocycles. The molecule has 0 bridgehead atoms. The number of thioether (sulfide) groups is 1. The Kier molecular flexibility index (Phi) is 7.74. The van der Waals surface area contributed by atoms with Gasteiger partial charge in [0.15, 0.2) is 5.16 Å². The van der Waals surface area contributed by atoms with Crippen molar-refractivity contribution in [1.29, 1.82) is 0 Å². The largest absolute Gasteiger partial charge is 0.383 e. The van der Waals surface area contributed by atoms with Crippen molar-refractivity contribution in [2.75, 3.05) is 19.5 Å². The number of ether oxygens (including phenoxy) is 1. The summed E-state index contributed by atoms with van der Waals surface area (Å²) in [5, 5.41) is 11.6. The number of aromatic nitrogens is 2. The molecule has 2 aromatic carbocycles. The molecule has 12 heteroatoms. The predicted octanol–water partition coefficient (Wildman–Crippen LogP) is 2.07. The summed E-state index contributed by atoms with van der Waals surface area (Å²) in [4.78, 5) is 52.2. The Hall–Kier alpha value is -3.77. The summed E-state index contributed by atoms with van der Waals surface area (Å²) in [6.07, 6.45) is 0. The molecule has 0 saturated carbocycles. The van der Waals surface area contributed by atoms with Crippen molar-refractivity contribution < 1.29 is 19.2 Å². The van der Waals surface area contributed by atoms with Crippen LogP contribution in [0.2, 0.25) is 0 Å². The van der Waals surface area contributed by atoms with Gasteiger partial charge in [0.2, 0.25) is 5.91 Å². The zero-order valence-electron chi connectivity index (χ0n) is 17.8. The van der Waals surface area contributed by atoms with E-state index in [1.807, 2.05) is 6.92 Å². The molecule has 1 unspecified atom stereocenters. The lowest BCUT2D eigenvalue weighted by molar-refractivity contribution is -0.384. The van der Waals surface area contributed by atoms with Crippen LogP contribution in [0, 0.1) is 10.1 Å². The highest BCUT2D eigenvalue weighted by Crippen LogP contribution is 2.21. The average molecular weight is 471 g/mol. The number of amides is 2. The number of methoxy groups -OCH3 is 1. The standard InChI is InChI=1S/C21H21N5O6S/c1-13(11-32-2)25-20(29)16-8-3-4-9-17(16)22-21(25)33-12-18(27)23-24-19(28)14-6-5-7-15(10-14)26(30)31/h3-10,13H,11-12H2,1-2H3,(H,23,27)(H,24,28). The van der Waals surface area contributed by atoms with Crippen molar-refractivity contribution in [3.8, 4) is 0 Å². The number of nitrogens with zero attached hydrogens (tertiary/aromatic N) is 3. The van der Waals surface area contributed by atoms with Crippen molar-refractivity contribution in [2.45, 2.75) is 18.1 Å². The number of hydrazine groups is 1. The van der Waals surface area contributed by atoms with Crippen molar-refractivity contribution in [1.82, 2.24) is 20.4 Å². The summed E-state index contributed by atoms with van der Waals surface area (Å²) in [7, 11) is 1.53. The quantitative estimate of drug-likeness (QED) is 0.220. The minimum Gasteiger partial charge on any atom is -0.383 e. The molecule has 0 radical (unpaired) electrons. The summed E-state index contributed by atoms with van der Waals surface area (Å²) in [5.74, 6) is -1.39. The summed E-state index contributed by atoms with van der Waals surface area (Å²) in [6.45, 7) is 2.09. The topological polar surface area (TPSA) is 145 Å². The fourth-order valence-electron chi connectivity index (χ4n) is 3.06. The number of carbonyl (C=O) groups is 2. The molecule has 0 aliphatic heterocycles. The lowest BCUT2D eigenvalue weighted by atomic mass is 10.2. The second-order valence-electron chi connectivity index (χ2n) is 6.99. The van der Waals surface area contributed by atoms with Gasteiger partial charge in [-0.15, -0.1) is 0 Å². The third-order valence-corrected chi connectivity index (χ3v) is 5.54. The molecule has 2 amide bonds. The number of hydrogen-bond donors (Lipinski definition) is 2. The normalized spacial score (nSPS) is 11.7. The Morgan fingerprint density at radius 3 is 2.70 bits per heavy atom. The van der Waals surface area contributed by atoms with Gasteiger partial charge in [-0.1, -0.05) is 30.0 Å². The van der Waals surface area contributed by atoms with Gasteiger partial charge in [-0.25, -0.2) is 4.98 Å². The lowest BCUT2D eigenvalue weighted by Crippen LogP contribution is -2.42. The van der Waals surface area contributed by atoms with Gasteiger partial charge in [-0.2, -0.15) is 0 Å². The summed E-state index contributed by atoms with van der Waals surface area (Å²) in [6, 6.07) is 11.7. The summed E-state index contributed by atoms with van der Waals surface area (Å²) < 4.78 is 6.65. The molecule has 0 saturated heterocycles. The minimum atomic E-state index is -0.702. The molecular formula is C21H21N5O6S. The number of nitro benzene ring substituents is 1. The predicted molar refractivity (Wildman–Crippen MR) is 122 cm³/mol. The number of non-ortho nitro benzene ring substituents is 1. The van der Waals surface area contributed by atoms with Crippen LogP contribution >= 0.6 is 11.8 Å². The Bertz CT molecular complexity index is 1260. The van der Waals surface area contributed by atoms with Crippen LogP contribution in [0.3, 0.4) is 0 Å². The molecule has 1 heterocycles. The highest BCUT2D eigenvalue weighted by atomic mass is 32.2. The number of nitro groups is 1. The molecule has 0 aliphatic rings. The Balaban J connectivity index is 1.70. The second kappa shape index (κ2) is 10.7. The van der Waals surface area contributed by atoms with Crippen LogP contribution in [0.4, 0.5) is 5.69 Å². The number of para-hydroxylation sites is 1. The third kappa shape index (κ3) is 5.73. The highest BCUT2D eigenvalue weighted by molar-refractivity contribution is 7.99. The number of hydrogen-bond acceptors (Lipinski definition) is 8. The number of carbonyl (C=O) groups excluding carboxylic acids is 2. The van der Waals surface area contributed by atoms with Crippen LogP contribution in [0.5, 0.6) is 0 Å². The van der Waals surface area contributed by atoms with Crippen LogP contribution in [0.15, 0.2) is 58.5 Å². The van der Waals surface area contributed by atoms with Crippen molar-refractivity contribution >= 4 is 40.2 Å². The Morgan fingerprint density at radius 1 is 1.21 bits per heavy atom. The van der Waals surface area contributed by atoms with Crippen LogP contribution in [-0.4, -0.2) is 45.8 Å². The van der Waals surface area contributed by atoms with E-state index < -0.39 is 16.7 Å². The highest BCUT2D eigenvalue weighted by Gasteiger charge is 2.18. The maximum atomic E-state index is 13.0. The third-order valence-electron chi connectivity index (χ3n) is 4.59. The molecule has 11 nitrogen and oxygen atoms in total. The van der Waals surface area contributed by atoms with Gasteiger partial charge < -0.3 is 4.74 Å². The zero-order valence-corrected chi connectivity index (χ0v) is 18.6. The molecule has 0 spiro atoms. The van der Waals surface area contributed by atoms with E-state index in [0.717, 1.165) is 17.8 Å². The Labute approximate surface area is 192 Å². The van der Waals surface area contributed by atoms with Gasteiger partial charge in [-0.3, -0.25) is 39.9 Å². The van der Waals surface area contributed by atoms with E-state index in [1.165, 1.54) is 29.9 Å².